The third-order valence-electron chi connectivity index (χ3n) is 12.7. The molecule has 7 atom stereocenters. The Labute approximate surface area is 374 Å². The van der Waals surface area contributed by atoms with Gasteiger partial charge in [0, 0.05) is 17.8 Å². The van der Waals surface area contributed by atoms with Gasteiger partial charge in [0.15, 0.2) is 0 Å². The highest BCUT2D eigenvalue weighted by Gasteiger charge is 2.74. The zero-order valence-electron chi connectivity index (χ0n) is 35.0. The van der Waals surface area contributed by atoms with E-state index in [0.717, 1.165) is 22.2 Å². The molecule has 13 nitrogen and oxygen atoms in total. The number of hydrogen-bond acceptors (Lipinski definition) is 10. The molecule has 7 unspecified atom stereocenters. The molecule has 3 aliphatic rings. The number of ether oxygens (including phenoxy) is 2. The first-order valence-electron chi connectivity index (χ1n) is 21.5. The fraction of sp³-hybridized carbons (Fsp3) is 0.212. The summed E-state index contributed by atoms with van der Waals surface area (Å²) in [4.78, 5) is 48.1. The minimum absolute atomic E-state index is 0.0748. The second kappa shape index (κ2) is 17.5. The van der Waals surface area contributed by atoms with E-state index in [-0.39, 0.29) is 26.3 Å². The molecule has 324 valence electrons. The number of aliphatic hydroxyl groups is 2. The van der Waals surface area contributed by atoms with Gasteiger partial charge in [-0.15, -0.1) is 5.10 Å². The lowest BCUT2D eigenvalue weighted by Crippen LogP contribution is -2.55. The Bertz CT molecular complexity index is 2940. The Morgan fingerprint density at radius 2 is 1.52 bits per heavy atom. The number of rotatable bonds is 11. The number of nitrogens with one attached hydrogen (secondary N) is 2. The molecule has 0 bridgehead atoms. The molecule has 2 amide bonds. The van der Waals surface area contributed by atoms with Gasteiger partial charge in [-0.2, -0.15) is 0 Å². The van der Waals surface area contributed by atoms with Crippen molar-refractivity contribution in [2.24, 2.45) is 5.92 Å². The van der Waals surface area contributed by atoms with Gasteiger partial charge in [-0.1, -0.05) is 132 Å². The fourth-order valence-electron chi connectivity index (χ4n) is 9.93. The number of carbonyl (C=O) groups is 3. The smallest absolute Gasteiger partial charge is 0.324 e. The Morgan fingerprint density at radius 3 is 2.26 bits per heavy atom. The molecule has 13 heteroatoms. The van der Waals surface area contributed by atoms with E-state index < -0.39 is 59.5 Å². The summed E-state index contributed by atoms with van der Waals surface area (Å²) < 4.78 is 14.0. The first-order chi connectivity index (χ1) is 31.9. The van der Waals surface area contributed by atoms with E-state index >= 15 is 14.4 Å². The largest absolute Gasteiger partial charge is 0.491 e. The van der Waals surface area contributed by atoms with Gasteiger partial charge in [0.2, 0.25) is 11.8 Å². The van der Waals surface area contributed by atoms with E-state index in [1.807, 2.05) is 120 Å². The molecule has 4 heterocycles. The van der Waals surface area contributed by atoms with Gasteiger partial charge in [0.05, 0.1) is 36.2 Å². The van der Waals surface area contributed by atoms with Gasteiger partial charge in [-0.3, -0.25) is 19.3 Å². The van der Waals surface area contributed by atoms with Crippen molar-refractivity contribution in [3.63, 3.8) is 0 Å². The molecule has 10 rings (SSSR count). The van der Waals surface area contributed by atoms with E-state index in [1.165, 1.54) is 0 Å². The second-order valence-corrected chi connectivity index (χ2v) is 16.3. The molecule has 2 fully saturated rings. The Hall–Kier alpha value is -7.63. The van der Waals surface area contributed by atoms with Crippen molar-refractivity contribution < 1.29 is 34.1 Å². The highest BCUT2D eigenvalue weighted by Crippen LogP contribution is 2.64. The molecule has 7 aromatic rings. The number of benzene rings is 6. The predicted octanol–water partition coefficient (Wildman–Crippen LogP) is 5.97. The van der Waals surface area contributed by atoms with Crippen LogP contribution in [0.25, 0.3) is 11.0 Å². The van der Waals surface area contributed by atoms with Crippen LogP contribution in [0.5, 0.6) is 5.75 Å². The van der Waals surface area contributed by atoms with Crippen LogP contribution in [0.2, 0.25) is 0 Å². The maximum Gasteiger partial charge on any atom is 0.324 e. The molecule has 4 N–H and O–H groups in total. The summed E-state index contributed by atoms with van der Waals surface area (Å²) in [6, 6.07) is 45.4. The highest BCUT2D eigenvalue weighted by molar-refractivity contribution is 6.12. The molecular formula is C52H44N6O7. The first-order valence-corrected chi connectivity index (χ1v) is 21.5. The molecule has 2 saturated heterocycles. The van der Waals surface area contributed by atoms with E-state index in [9.17, 15) is 10.2 Å². The lowest BCUT2D eigenvalue weighted by Gasteiger charge is -2.46. The van der Waals surface area contributed by atoms with Gasteiger partial charge in [0.25, 0.3) is 0 Å². The Balaban J connectivity index is 1.17. The summed E-state index contributed by atoms with van der Waals surface area (Å²) in [6.07, 6.45) is -1.92. The molecule has 3 aliphatic heterocycles. The summed E-state index contributed by atoms with van der Waals surface area (Å²) in [5, 5.41) is 35.5. The van der Waals surface area contributed by atoms with E-state index in [2.05, 4.69) is 32.8 Å². The van der Waals surface area contributed by atoms with Gasteiger partial charge in [0.1, 0.15) is 42.0 Å². The normalized spacial score (nSPS) is 22.6. The average molecular weight is 865 g/mol. The highest BCUT2D eigenvalue weighted by atomic mass is 16.6. The van der Waals surface area contributed by atoms with Gasteiger partial charge >= 0.3 is 5.97 Å². The third kappa shape index (κ3) is 7.37. The van der Waals surface area contributed by atoms with Crippen molar-refractivity contribution in [3.8, 4) is 17.6 Å². The van der Waals surface area contributed by atoms with Gasteiger partial charge < -0.3 is 30.3 Å². The molecule has 1 aromatic heterocycles. The number of cyclic esters (lactones) is 1. The number of amides is 2. The number of anilines is 1. The Kier molecular flexibility index (Phi) is 11.1. The summed E-state index contributed by atoms with van der Waals surface area (Å²) in [5.41, 5.74) is 4.11. The van der Waals surface area contributed by atoms with Crippen LogP contribution >= 0.6 is 0 Å². The fourth-order valence-corrected chi connectivity index (χ4v) is 9.93. The monoisotopic (exact) mass is 864 g/mol. The first kappa shape index (κ1) is 41.4. The van der Waals surface area contributed by atoms with Crippen LogP contribution in [-0.2, 0) is 31.1 Å². The van der Waals surface area contributed by atoms with Crippen LogP contribution in [0.4, 0.5) is 5.69 Å². The minimum atomic E-state index is -1.77. The predicted molar refractivity (Wildman–Crippen MR) is 241 cm³/mol. The topological polar surface area (TPSA) is 168 Å². The summed E-state index contributed by atoms with van der Waals surface area (Å²) >= 11 is 0. The number of para-hydroxylation sites is 1. The van der Waals surface area contributed by atoms with E-state index in [1.54, 1.807) is 47.1 Å². The lowest BCUT2D eigenvalue weighted by atomic mass is 9.65. The number of aromatic nitrogens is 3. The van der Waals surface area contributed by atoms with Crippen LogP contribution in [-0.4, -0.2) is 73.7 Å². The number of fused-ring (bicyclic) bond motifs is 4. The molecular weight excluding hydrogens is 821 g/mol. The second-order valence-electron chi connectivity index (χ2n) is 16.3. The van der Waals surface area contributed by atoms with Crippen molar-refractivity contribution >= 4 is 34.5 Å². The van der Waals surface area contributed by atoms with Gasteiger partial charge in [-0.25, -0.2) is 4.68 Å². The summed E-state index contributed by atoms with van der Waals surface area (Å²) in [6.45, 7) is -0.0583. The molecule has 0 radical (unpaired) electrons. The van der Waals surface area contributed by atoms with Gasteiger partial charge in [-0.05, 0) is 70.3 Å². The van der Waals surface area contributed by atoms with Crippen molar-refractivity contribution in [1.82, 2.24) is 25.2 Å². The number of esters is 1. The third-order valence-corrected chi connectivity index (χ3v) is 12.7. The van der Waals surface area contributed by atoms with Crippen molar-refractivity contribution in [1.29, 1.82) is 0 Å². The molecule has 0 aliphatic carbocycles. The van der Waals surface area contributed by atoms with E-state index in [0.29, 0.717) is 33.7 Å². The number of carbonyl (C=O) groups excluding carboxylic acids is 3. The number of aliphatic hydroxyl groups excluding tert-OH is 2. The van der Waals surface area contributed by atoms with Crippen LogP contribution in [0.1, 0.15) is 57.7 Å². The zero-order valence-corrected chi connectivity index (χ0v) is 35.0. The minimum Gasteiger partial charge on any atom is -0.491 e. The molecule has 0 saturated carbocycles. The SMILES string of the molecule is O=C1OC(c2ccccc2)C(c2ccccc2)N2C1C(C(=O)NCC(O)c1ccccc1)C1(C(=O)Nc3ccc(C#CCn4nnc5ccccc54)cc31)C2c1ccc(OCCO)cc1. The number of morpholine rings is 1. The van der Waals surface area contributed by atoms with Crippen LogP contribution in [0.15, 0.2) is 158 Å². The van der Waals surface area contributed by atoms with Crippen molar-refractivity contribution in [2.75, 3.05) is 25.1 Å². The number of hydrogen-bond donors (Lipinski definition) is 4. The maximum atomic E-state index is 15.5. The number of nitrogens with zero attached hydrogens (tertiary/aromatic N) is 4. The summed E-state index contributed by atoms with van der Waals surface area (Å²) in [5.74, 6) is 3.82. The standard InChI is InChI=1S/C52H44N6O7/c59-29-30-64-38-25-23-37(24-26-38)48-52(39-31-33(22-27-40(39)54-51(52)63)13-12-28-57-42-21-11-10-20-41(42)55-56-57)44(49(61)53-32-43(60)34-14-4-1-5-15-34)46-50(62)65-47(36-18-8-3-9-19-36)45(58(46)48)35-16-6-2-7-17-35/h1-11,14-27,31,43-48,59-60H,28-30,32H2,(H,53,61)(H,54,63). The van der Waals surface area contributed by atoms with Crippen LogP contribution < -0.4 is 15.4 Å². The Morgan fingerprint density at radius 1 is 0.831 bits per heavy atom. The average Bonchev–Trinajstić information content (AvgIpc) is 4.00. The van der Waals surface area contributed by atoms with Crippen molar-refractivity contribution in [3.05, 3.63) is 191 Å². The molecule has 1 spiro atoms. The maximum absolute atomic E-state index is 15.5. The van der Waals surface area contributed by atoms with Crippen LogP contribution in [0, 0.1) is 17.8 Å². The summed E-state index contributed by atoms with van der Waals surface area (Å²) in [7, 11) is 0. The quantitative estimate of drug-likeness (QED) is 0.0898. The van der Waals surface area contributed by atoms with E-state index in [4.69, 9.17) is 9.47 Å². The lowest BCUT2D eigenvalue weighted by molar-refractivity contribution is -0.178. The zero-order chi connectivity index (χ0) is 44.5. The molecule has 65 heavy (non-hydrogen) atoms. The van der Waals surface area contributed by atoms with Crippen molar-refractivity contribution in [2.45, 2.75) is 42.3 Å². The molecule has 6 aromatic carbocycles. The van der Waals surface area contributed by atoms with Crippen LogP contribution in [0.3, 0.4) is 0 Å².